The predicted octanol–water partition coefficient (Wildman–Crippen LogP) is 1.28. The predicted molar refractivity (Wildman–Crippen MR) is 54.7 cm³/mol. The van der Waals surface area contributed by atoms with Gasteiger partial charge in [0, 0.05) is 14.1 Å². The number of rotatable bonds is 3. The van der Waals surface area contributed by atoms with E-state index in [0.29, 0.717) is 0 Å². The topological polar surface area (TPSA) is 52.9 Å². The Balaban J connectivity index is 2.78. The first-order chi connectivity index (χ1) is 6.59. The third-order valence-corrected chi connectivity index (χ3v) is 1.60. The molecule has 0 aliphatic rings. The van der Waals surface area contributed by atoms with Crippen molar-refractivity contribution in [3.05, 3.63) is 35.4 Å². The first-order valence-corrected chi connectivity index (χ1v) is 4.14. The van der Waals surface area contributed by atoms with E-state index in [9.17, 15) is 4.79 Å². The summed E-state index contributed by atoms with van der Waals surface area (Å²) >= 11 is 0. The molecule has 0 atom stereocenters. The van der Waals surface area contributed by atoms with Crippen molar-refractivity contribution in [2.75, 3.05) is 14.1 Å². The highest BCUT2D eigenvalue weighted by Crippen LogP contribution is 2.02. The molecule has 0 spiro atoms. The molecule has 1 aromatic rings. The molecule has 0 bridgehead atoms. The first-order valence-electron chi connectivity index (χ1n) is 4.14. The van der Waals surface area contributed by atoms with Crippen LogP contribution < -0.4 is 0 Å². The van der Waals surface area contributed by atoms with Crippen LogP contribution in [-0.4, -0.2) is 36.4 Å². The maximum absolute atomic E-state index is 10.5. The quantitative estimate of drug-likeness (QED) is 0.579. The monoisotopic (exact) mass is 192 g/mol. The zero-order chi connectivity index (χ0) is 10.6. The number of hydrogen-bond donors (Lipinski definition) is 1. The van der Waals surface area contributed by atoms with Crippen LogP contribution in [0.1, 0.15) is 15.9 Å². The average Bonchev–Trinajstić information content (AvgIpc) is 2.15. The van der Waals surface area contributed by atoms with Gasteiger partial charge in [-0.1, -0.05) is 12.1 Å². The highest BCUT2D eigenvalue weighted by atomic mass is 16.4. The molecule has 4 heteroatoms. The SMILES string of the molecule is CN(C)/N=C\c1ccc(C(=O)O)cc1. The zero-order valence-corrected chi connectivity index (χ0v) is 8.14. The average molecular weight is 192 g/mol. The maximum Gasteiger partial charge on any atom is 0.335 e. The molecule has 0 fully saturated rings. The number of benzene rings is 1. The van der Waals surface area contributed by atoms with Crippen molar-refractivity contribution < 1.29 is 9.90 Å². The Hall–Kier alpha value is -1.84. The number of carboxylic acid groups (broad SMARTS) is 1. The minimum absolute atomic E-state index is 0.284. The van der Waals surface area contributed by atoms with Crippen LogP contribution in [0, 0.1) is 0 Å². The van der Waals surface area contributed by atoms with E-state index in [4.69, 9.17) is 5.11 Å². The minimum Gasteiger partial charge on any atom is -0.478 e. The molecule has 1 aromatic carbocycles. The summed E-state index contributed by atoms with van der Waals surface area (Å²) in [5.41, 5.74) is 1.16. The highest BCUT2D eigenvalue weighted by Gasteiger charge is 1.99. The number of aromatic carboxylic acids is 1. The molecule has 0 saturated carbocycles. The molecule has 14 heavy (non-hydrogen) atoms. The summed E-state index contributed by atoms with van der Waals surface area (Å²) in [6, 6.07) is 6.55. The van der Waals surface area contributed by atoms with Gasteiger partial charge < -0.3 is 10.1 Å². The lowest BCUT2D eigenvalue weighted by atomic mass is 10.1. The van der Waals surface area contributed by atoms with Gasteiger partial charge in [0.1, 0.15) is 0 Å². The van der Waals surface area contributed by atoms with Gasteiger partial charge in [-0.15, -0.1) is 0 Å². The Labute approximate surface area is 82.5 Å². The summed E-state index contributed by atoms with van der Waals surface area (Å²) in [5.74, 6) is -0.916. The van der Waals surface area contributed by atoms with Crippen molar-refractivity contribution in [2.45, 2.75) is 0 Å². The zero-order valence-electron chi connectivity index (χ0n) is 8.14. The van der Waals surface area contributed by atoms with Crippen LogP contribution in [0.2, 0.25) is 0 Å². The fraction of sp³-hybridized carbons (Fsp3) is 0.200. The molecular formula is C10H12N2O2. The second kappa shape index (κ2) is 4.41. The molecule has 74 valence electrons. The van der Waals surface area contributed by atoms with Crippen LogP contribution in [0.15, 0.2) is 29.4 Å². The largest absolute Gasteiger partial charge is 0.478 e. The van der Waals surface area contributed by atoms with E-state index in [-0.39, 0.29) is 5.56 Å². The number of carbonyl (C=O) groups is 1. The fourth-order valence-corrected chi connectivity index (χ4v) is 0.894. The first kappa shape index (κ1) is 10.2. The lowest BCUT2D eigenvalue weighted by Crippen LogP contribution is -2.02. The van der Waals surface area contributed by atoms with Crippen LogP contribution in [0.3, 0.4) is 0 Å². The van der Waals surface area contributed by atoms with Crippen molar-refractivity contribution in [3.8, 4) is 0 Å². The standard InChI is InChI=1S/C10H12N2O2/c1-12(2)11-7-8-3-5-9(6-4-8)10(13)14/h3-7H,1-2H3,(H,13,14)/b11-7-. The third kappa shape index (κ3) is 2.90. The molecule has 0 aliphatic carbocycles. The Morgan fingerprint density at radius 3 is 2.36 bits per heavy atom. The van der Waals surface area contributed by atoms with Crippen molar-refractivity contribution >= 4 is 12.2 Å². The molecule has 1 N–H and O–H groups in total. The van der Waals surface area contributed by atoms with E-state index < -0.39 is 5.97 Å². The Bertz CT molecular complexity index is 342. The van der Waals surface area contributed by atoms with Crippen LogP contribution in [0.4, 0.5) is 0 Å². The van der Waals surface area contributed by atoms with Crippen LogP contribution in [0.25, 0.3) is 0 Å². The van der Waals surface area contributed by atoms with Crippen molar-refractivity contribution in [1.29, 1.82) is 0 Å². The molecule has 0 aliphatic heterocycles. The van der Waals surface area contributed by atoms with Gasteiger partial charge in [-0.05, 0) is 17.7 Å². The highest BCUT2D eigenvalue weighted by molar-refractivity contribution is 5.89. The molecule has 0 saturated heterocycles. The van der Waals surface area contributed by atoms with E-state index in [1.807, 2.05) is 14.1 Å². The molecule has 0 heterocycles. The molecule has 0 aromatic heterocycles. The normalized spacial score (nSPS) is 10.4. The molecule has 0 amide bonds. The van der Waals surface area contributed by atoms with Crippen LogP contribution >= 0.6 is 0 Å². The van der Waals surface area contributed by atoms with Gasteiger partial charge in [-0.2, -0.15) is 5.10 Å². The third-order valence-electron chi connectivity index (χ3n) is 1.60. The van der Waals surface area contributed by atoms with Crippen LogP contribution in [-0.2, 0) is 0 Å². The van der Waals surface area contributed by atoms with E-state index in [2.05, 4.69) is 5.10 Å². The summed E-state index contributed by atoms with van der Waals surface area (Å²) in [4.78, 5) is 10.5. The molecule has 0 radical (unpaired) electrons. The summed E-state index contributed by atoms with van der Waals surface area (Å²) < 4.78 is 0. The van der Waals surface area contributed by atoms with Gasteiger partial charge in [0.2, 0.25) is 0 Å². The fourth-order valence-electron chi connectivity index (χ4n) is 0.894. The summed E-state index contributed by atoms with van der Waals surface area (Å²) in [7, 11) is 3.64. The number of hydrogen-bond acceptors (Lipinski definition) is 3. The van der Waals surface area contributed by atoms with Gasteiger partial charge in [0.15, 0.2) is 0 Å². The smallest absolute Gasteiger partial charge is 0.335 e. The lowest BCUT2D eigenvalue weighted by Gasteiger charge is -2.02. The van der Waals surface area contributed by atoms with Crippen molar-refractivity contribution in [1.82, 2.24) is 5.01 Å². The van der Waals surface area contributed by atoms with Gasteiger partial charge >= 0.3 is 5.97 Å². The molecule has 4 nitrogen and oxygen atoms in total. The Morgan fingerprint density at radius 1 is 1.36 bits per heavy atom. The van der Waals surface area contributed by atoms with Gasteiger partial charge in [-0.25, -0.2) is 4.79 Å². The molecule has 0 unspecified atom stereocenters. The maximum atomic E-state index is 10.5. The van der Waals surface area contributed by atoms with Gasteiger partial charge in [-0.3, -0.25) is 0 Å². The Morgan fingerprint density at radius 2 is 1.93 bits per heavy atom. The Kier molecular flexibility index (Phi) is 3.23. The van der Waals surface area contributed by atoms with Crippen molar-refractivity contribution in [3.63, 3.8) is 0 Å². The summed E-state index contributed by atoms with van der Waals surface area (Å²) in [6.45, 7) is 0. The molecule has 1 rings (SSSR count). The second-order valence-corrected chi connectivity index (χ2v) is 3.02. The van der Waals surface area contributed by atoms with E-state index in [1.165, 1.54) is 0 Å². The number of carboxylic acids is 1. The van der Waals surface area contributed by atoms with E-state index in [1.54, 1.807) is 35.5 Å². The van der Waals surface area contributed by atoms with Gasteiger partial charge in [0.05, 0.1) is 11.8 Å². The van der Waals surface area contributed by atoms with Gasteiger partial charge in [0.25, 0.3) is 0 Å². The summed E-state index contributed by atoms with van der Waals surface area (Å²) in [5, 5.41) is 14.4. The second-order valence-electron chi connectivity index (χ2n) is 3.02. The van der Waals surface area contributed by atoms with Crippen molar-refractivity contribution in [2.24, 2.45) is 5.10 Å². The number of nitrogens with zero attached hydrogens (tertiary/aromatic N) is 2. The summed E-state index contributed by atoms with van der Waals surface area (Å²) in [6.07, 6.45) is 1.67. The minimum atomic E-state index is -0.916. The van der Waals surface area contributed by atoms with E-state index >= 15 is 0 Å². The van der Waals surface area contributed by atoms with E-state index in [0.717, 1.165) is 5.56 Å². The lowest BCUT2D eigenvalue weighted by molar-refractivity contribution is 0.0697. The molecular weight excluding hydrogens is 180 g/mol. The van der Waals surface area contributed by atoms with Crippen LogP contribution in [0.5, 0.6) is 0 Å². The number of hydrazone groups is 1.